The Bertz CT molecular complexity index is 777. The van der Waals surface area contributed by atoms with E-state index < -0.39 is 27.9 Å². The van der Waals surface area contributed by atoms with E-state index >= 15 is 0 Å². The van der Waals surface area contributed by atoms with Crippen molar-refractivity contribution in [2.75, 3.05) is 27.2 Å². The van der Waals surface area contributed by atoms with Crippen LogP contribution in [0.25, 0.3) is 0 Å². The van der Waals surface area contributed by atoms with Gasteiger partial charge in [0, 0.05) is 26.2 Å². The van der Waals surface area contributed by atoms with Crippen LogP contribution < -0.4 is 16.0 Å². The molecule has 0 aliphatic heterocycles. The lowest BCUT2D eigenvalue weighted by molar-refractivity contribution is -0.128. The van der Waals surface area contributed by atoms with Crippen molar-refractivity contribution >= 4 is 27.7 Å². The fourth-order valence-electron chi connectivity index (χ4n) is 1.96. The van der Waals surface area contributed by atoms with Gasteiger partial charge in [-0.2, -0.15) is 0 Å². The van der Waals surface area contributed by atoms with Crippen LogP contribution in [0.1, 0.15) is 24.2 Å². The summed E-state index contributed by atoms with van der Waals surface area (Å²) in [6.07, 6.45) is 0. The van der Waals surface area contributed by atoms with Crippen LogP contribution in [0, 0.1) is 0 Å². The zero-order valence-corrected chi connectivity index (χ0v) is 16.0. The minimum absolute atomic E-state index is 0.0236. The number of carbonyl (C=O) groups excluding carboxylic acids is 3. The summed E-state index contributed by atoms with van der Waals surface area (Å²) in [6.45, 7) is 3.40. The summed E-state index contributed by atoms with van der Waals surface area (Å²) in [5, 5.41) is 7.41. The lowest BCUT2D eigenvalue weighted by atomic mass is 10.2. The van der Waals surface area contributed by atoms with Gasteiger partial charge < -0.3 is 16.0 Å². The Morgan fingerprint density at radius 1 is 1.15 bits per heavy atom. The lowest BCUT2D eigenvalue weighted by Gasteiger charge is -2.14. The van der Waals surface area contributed by atoms with Crippen molar-refractivity contribution in [2.24, 2.45) is 0 Å². The van der Waals surface area contributed by atoms with E-state index in [1.807, 2.05) is 0 Å². The molecular weight excluding hydrogens is 360 g/mol. The number of benzene rings is 1. The molecule has 0 saturated heterocycles. The Balaban J connectivity index is 2.69. The zero-order valence-electron chi connectivity index (χ0n) is 15.2. The molecule has 1 aromatic rings. The molecule has 0 unspecified atom stereocenters. The predicted molar refractivity (Wildman–Crippen MR) is 95.9 cm³/mol. The molecule has 0 heterocycles. The summed E-state index contributed by atoms with van der Waals surface area (Å²) >= 11 is 0. The predicted octanol–water partition coefficient (Wildman–Crippen LogP) is -0.692. The van der Waals surface area contributed by atoms with Crippen molar-refractivity contribution in [3.05, 3.63) is 29.8 Å². The van der Waals surface area contributed by atoms with Gasteiger partial charge in [0.25, 0.3) is 5.91 Å². The molecule has 3 amide bonds. The average Bonchev–Trinajstić information content (AvgIpc) is 2.59. The third-order valence-corrected chi connectivity index (χ3v) is 5.22. The van der Waals surface area contributed by atoms with Crippen molar-refractivity contribution in [2.45, 2.75) is 24.8 Å². The first-order valence-electron chi connectivity index (χ1n) is 7.97. The van der Waals surface area contributed by atoms with Gasteiger partial charge >= 0.3 is 0 Å². The molecule has 0 fully saturated rings. The summed E-state index contributed by atoms with van der Waals surface area (Å²) in [7, 11) is -0.883. The van der Waals surface area contributed by atoms with Crippen LogP contribution in [-0.2, 0) is 19.6 Å². The van der Waals surface area contributed by atoms with E-state index in [9.17, 15) is 22.8 Å². The highest BCUT2D eigenvalue weighted by molar-refractivity contribution is 7.89. The van der Waals surface area contributed by atoms with Gasteiger partial charge in [0.15, 0.2) is 0 Å². The van der Waals surface area contributed by atoms with Crippen LogP contribution in [-0.4, -0.2) is 63.7 Å². The van der Waals surface area contributed by atoms with E-state index in [1.54, 1.807) is 6.92 Å². The molecule has 0 saturated carbocycles. The molecule has 1 aromatic carbocycles. The van der Waals surface area contributed by atoms with E-state index in [-0.39, 0.29) is 22.9 Å². The van der Waals surface area contributed by atoms with Crippen molar-refractivity contribution in [1.82, 2.24) is 20.3 Å². The first-order valence-corrected chi connectivity index (χ1v) is 9.41. The molecule has 0 aliphatic carbocycles. The highest BCUT2D eigenvalue weighted by Gasteiger charge is 2.19. The Morgan fingerprint density at radius 2 is 1.81 bits per heavy atom. The van der Waals surface area contributed by atoms with Crippen LogP contribution in [0.5, 0.6) is 0 Å². The molecule has 0 aromatic heterocycles. The van der Waals surface area contributed by atoms with Crippen LogP contribution in [0.15, 0.2) is 29.2 Å². The van der Waals surface area contributed by atoms with Gasteiger partial charge in [0.2, 0.25) is 21.8 Å². The molecule has 144 valence electrons. The van der Waals surface area contributed by atoms with Crippen LogP contribution in [0.3, 0.4) is 0 Å². The second-order valence-electron chi connectivity index (χ2n) is 5.68. The Hall–Kier alpha value is -2.46. The Labute approximate surface area is 153 Å². The molecule has 1 rings (SSSR count). The summed E-state index contributed by atoms with van der Waals surface area (Å²) < 4.78 is 25.2. The Kier molecular flexibility index (Phi) is 7.72. The molecule has 0 aliphatic rings. The van der Waals surface area contributed by atoms with Crippen LogP contribution >= 0.6 is 0 Å². The molecule has 3 N–H and O–H groups in total. The fourth-order valence-corrected chi connectivity index (χ4v) is 2.90. The van der Waals surface area contributed by atoms with Gasteiger partial charge in [0.05, 0.1) is 11.4 Å². The van der Waals surface area contributed by atoms with Crippen molar-refractivity contribution in [3.8, 4) is 0 Å². The zero-order chi connectivity index (χ0) is 19.9. The molecule has 0 bridgehead atoms. The largest absolute Gasteiger partial charge is 0.355 e. The van der Waals surface area contributed by atoms with E-state index in [4.69, 9.17) is 0 Å². The maximum Gasteiger partial charge on any atom is 0.251 e. The van der Waals surface area contributed by atoms with Crippen LogP contribution in [0.4, 0.5) is 0 Å². The normalized spacial score (nSPS) is 12.3. The number of likely N-dealkylation sites (N-methyl/N-ethyl adjacent to an activating group) is 1. The number of nitrogens with one attached hydrogen (secondary N) is 3. The van der Waals surface area contributed by atoms with Gasteiger partial charge in [-0.15, -0.1) is 0 Å². The van der Waals surface area contributed by atoms with Gasteiger partial charge in [-0.05, 0) is 32.0 Å². The Morgan fingerprint density at radius 3 is 2.38 bits per heavy atom. The topological polar surface area (TPSA) is 125 Å². The van der Waals surface area contributed by atoms with Crippen molar-refractivity contribution in [1.29, 1.82) is 0 Å². The first-order chi connectivity index (χ1) is 12.1. The molecular formula is C16H24N4O5S. The van der Waals surface area contributed by atoms with Gasteiger partial charge in [-0.1, -0.05) is 6.07 Å². The second-order valence-corrected chi connectivity index (χ2v) is 7.83. The van der Waals surface area contributed by atoms with Crippen LogP contribution in [0.2, 0.25) is 0 Å². The molecule has 1 atom stereocenters. The maximum atomic E-state index is 12.1. The summed E-state index contributed by atoms with van der Waals surface area (Å²) in [5.74, 6) is -1.45. The number of hydrogen-bond acceptors (Lipinski definition) is 5. The molecule has 26 heavy (non-hydrogen) atoms. The van der Waals surface area contributed by atoms with E-state index in [2.05, 4.69) is 16.0 Å². The number of amides is 3. The second kappa shape index (κ2) is 9.30. The van der Waals surface area contributed by atoms with E-state index in [1.165, 1.54) is 45.3 Å². The molecule has 0 radical (unpaired) electrons. The standard InChI is InChI=1S/C16H24N4O5S/c1-5-17-15(22)11(2)19-14(21)10-18-16(23)12-7-6-8-13(9-12)26(24,25)20(3)4/h6-9,11H,5,10H2,1-4H3,(H,17,22)(H,18,23)(H,19,21)/t11-/m0/s1. The molecule has 9 nitrogen and oxygen atoms in total. The van der Waals surface area contributed by atoms with Gasteiger partial charge in [-0.25, -0.2) is 12.7 Å². The number of hydrogen-bond donors (Lipinski definition) is 3. The SMILES string of the molecule is CCNC(=O)[C@H](C)NC(=O)CNC(=O)c1cccc(S(=O)(=O)N(C)C)c1. The summed E-state index contributed by atoms with van der Waals surface area (Å²) in [4.78, 5) is 35.5. The molecule has 10 heteroatoms. The van der Waals surface area contributed by atoms with Gasteiger partial charge in [0.1, 0.15) is 6.04 Å². The van der Waals surface area contributed by atoms with Crippen molar-refractivity contribution < 1.29 is 22.8 Å². The van der Waals surface area contributed by atoms with Crippen molar-refractivity contribution in [3.63, 3.8) is 0 Å². The van der Waals surface area contributed by atoms with Gasteiger partial charge in [-0.3, -0.25) is 14.4 Å². The maximum absolute atomic E-state index is 12.1. The van der Waals surface area contributed by atoms with E-state index in [0.717, 1.165) is 4.31 Å². The minimum Gasteiger partial charge on any atom is -0.355 e. The number of rotatable bonds is 8. The molecule has 0 spiro atoms. The smallest absolute Gasteiger partial charge is 0.251 e. The number of carbonyl (C=O) groups is 3. The third-order valence-electron chi connectivity index (χ3n) is 3.41. The fraction of sp³-hybridized carbons (Fsp3) is 0.438. The quantitative estimate of drug-likeness (QED) is 0.547. The van der Waals surface area contributed by atoms with E-state index in [0.29, 0.717) is 6.54 Å². The highest BCUT2D eigenvalue weighted by Crippen LogP contribution is 2.14. The lowest BCUT2D eigenvalue weighted by Crippen LogP contribution is -2.47. The minimum atomic E-state index is -3.67. The average molecular weight is 384 g/mol. The summed E-state index contributed by atoms with van der Waals surface area (Å²) in [5.41, 5.74) is 0.109. The number of sulfonamides is 1. The number of nitrogens with zero attached hydrogens (tertiary/aromatic N) is 1. The highest BCUT2D eigenvalue weighted by atomic mass is 32.2. The monoisotopic (exact) mass is 384 g/mol. The summed E-state index contributed by atoms with van der Waals surface area (Å²) in [6, 6.07) is 4.78. The third kappa shape index (κ3) is 5.81. The first kappa shape index (κ1) is 21.6.